The third-order valence-corrected chi connectivity index (χ3v) is 4.22. The molecule has 0 heterocycles. The van der Waals surface area contributed by atoms with E-state index in [2.05, 4.69) is 31.9 Å². The molecule has 0 fully saturated rings. The number of benzene rings is 3. The van der Waals surface area contributed by atoms with Gasteiger partial charge < -0.3 is 9.47 Å². The molecule has 0 aliphatic carbocycles. The minimum Gasteiger partial charge on any atom is -0.457 e. The summed E-state index contributed by atoms with van der Waals surface area (Å²) in [5, 5.41) is 0. The van der Waals surface area contributed by atoms with Crippen molar-refractivity contribution in [3.63, 3.8) is 0 Å². The van der Waals surface area contributed by atoms with Crippen LogP contribution in [0.3, 0.4) is 0 Å². The minimum absolute atomic E-state index is 0.733. The summed E-state index contributed by atoms with van der Waals surface area (Å²) in [5.74, 6) is 3.04. The highest BCUT2D eigenvalue weighted by Crippen LogP contribution is 2.31. The second kappa shape index (κ2) is 7.41. The minimum atomic E-state index is 0.733. The smallest absolute Gasteiger partial charge is 0.131 e. The Bertz CT molecular complexity index is 766. The Hall–Kier alpha value is -1.78. The second-order valence-corrected chi connectivity index (χ2v) is 7.44. The lowest BCUT2D eigenvalue weighted by atomic mass is 10.2. The zero-order valence-electron chi connectivity index (χ0n) is 13.3. The van der Waals surface area contributed by atoms with Crippen LogP contribution in [0.25, 0.3) is 0 Å². The van der Waals surface area contributed by atoms with Crippen molar-refractivity contribution in [2.24, 2.45) is 0 Å². The van der Waals surface area contributed by atoms with Gasteiger partial charge in [0.25, 0.3) is 0 Å². The van der Waals surface area contributed by atoms with Crippen molar-refractivity contribution in [2.75, 3.05) is 0 Å². The molecule has 24 heavy (non-hydrogen) atoms. The first kappa shape index (κ1) is 17.1. The van der Waals surface area contributed by atoms with E-state index < -0.39 is 0 Å². The summed E-state index contributed by atoms with van der Waals surface area (Å²) in [6.45, 7) is 4.07. The van der Waals surface area contributed by atoms with Crippen molar-refractivity contribution >= 4 is 31.9 Å². The van der Waals surface area contributed by atoms with Crippen LogP contribution in [0.15, 0.2) is 69.6 Å². The van der Waals surface area contributed by atoms with Gasteiger partial charge in [-0.05, 0) is 73.5 Å². The third-order valence-electron chi connectivity index (χ3n) is 3.31. The second-order valence-electron chi connectivity index (χ2n) is 5.61. The topological polar surface area (TPSA) is 18.5 Å². The van der Waals surface area contributed by atoms with Gasteiger partial charge in [0, 0.05) is 15.0 Å². The summed E-state index contributed by atoms with van der Waals surface area (Å²) in [6.07, 6.45) is 0. The summed E-state index contributed by atoms with van der Waals surface area (Å²) in [4.78, 5) is 0. The number of hydrogen-bond donors (Lipinski definition) is 0. The molecule has 2 nitrogen and oxygen atoms in total. The first-order valence-electron chi connectivity index (χ1n) is 7.48. The quantitative estimate of drug-likeness (QED) is 0.414. The maximum absolute atomic E-state index is 5.95. The molecule has 0 aliphatic rings. The molecule has 0 atom stereocenters. The Morgan fingerprint density at radius 3 is 1.46 bits per heavy atom. The summed E-state index contributed by atoms with van der Waals surface area (Å²) < 4.78 is 13.9. The number of halogens is 2. The maximum Gasteiger partial charge on any atom is 0.131 e. The molecule has 0 spiro atoms. The lowest BCUT2D eigenvalue weighted by molar-refractivity contribution is 0.459. The Morgan fingerprint density at radius 1 is 0.583 bits per heavy atom. The van der Waals surface area contributed by atoms with E-state index >= 15 is 0 Å². The summed E-state index contributed by atoms with van der Waals surface area (Å²) in [7, 11) is 0. The average Bonchev–Trinajstić information content (AvgIpc) is 2.45. The molecule has 0 aliphatic heterocycles. The highest BCUT2D eigenvalue weighted by atomic mass is 79.9. The molecule has 0 radical (unpaired) electrons. The molecule has 3 aromatic carbocycles. The van der Waals surface area contributed by atoms with Crippen molar-refractivity contribution in [2.45, 2.75) is 13.8 Å². The van der Waals surface area contributed by atoms with E-state index in [0.29, 0.717) is 0 Å². The molecule has 4 heteroatoms. The van der Waals surface area contributed by atoms with Gasteiger partial charge in [-0.1, -0.05) is 37.9 Å². The van der Waals surface area contributed by atoms with E-state index in [-0.39, 0.29) is 0 Å². The third kappa shape index (κ3) is 4.62. The summed E-state index contributed by atoms with van der Waals surface area (Å²) in [6, 6.07) is 19.6. The van der Waals surface area contributed by atoms with Crippen molar-refractivity contribution in [3.05, 3.63) is 80.7 Å². The largest absolute Gasteiger partial charge is 0.457 e. The summed E-state index contributed by atoms with van der Waals surface area (Å²) >= 11 is 6.98. The van der Waals surface area contributed by atoms with Gasteiger partial charge in [0.05, 0.1) is 0 Å². The van der Waals surface area contributed by atoms with E-state index in [1.807, 2.05) is 74.5 Å². The Kier molecular flexibility index (Phi) is 5.27. The van der Waals surface area contributed by atoms with Crippen LogP contribution in [-0.4, -0.2) is 0 Å². The Morgan fingerprint density at radius 2 is 1.04 bits per heavy atom. The van der Waals surface area contributed by atoms with Gasteiger partial charge in [-0.3, -0.25) is 0 Å². The van der Waals surface area contributed by atoms with Crippen LogP contribution in [0.5, 0.6) is 23.0 Å². The van der Waals surface area contributed by atoms with Gasteiger partial charge in [0.2, 0.25) is 0 Å². The van der Waals surface area contributed by atoms with Crippen LogP contribution in [0.4, 0.5) is 0 Å². The molecule has 0 unspecified atom stereocenters. The van der Waals surface area contributed by atoms with Gasteiger partial charge in [-0.15, -0.1) is 0 Å². The fourth-order valence-electron chi connectivity index (χ4n) is 2.40. The van der Waals surface area contributed by atoms with E-state index in [0.717, 1.165) is 43.1 Å². The Balaban J connectivity index is 1.81. The Labute approximate surface area is 158 Å². The monoisotopic (exact) mass is 446 g/mol. The molecular formula is C20H16Br2O2. The molecule has 0 saturated carbocycles. The van der Waals surface area contributed by atoms with Gasteiger partial charge in [-0.25, -0.2) is 0 Å². The molecular weight excluding hydrogens is 432 g/mol. The maximum atomic E-state index is 5.95. The molecule has 0 aromatic heterocycles. The van der Waals surface area contributed by atoms with E-state index in [9.17, 15) is 0 Å². The van der Waals surface area contributed by atoms with Gasteiger partial charge in [-0.2, -0.15) is 0 Å². The van der Waals surface area contributed by atoms with Crippen molar-refractivity contribution in [1.29, 1.82) is 0 Å². The van der Waals surface area contributed by atoms with Crippen LogP contribution in [0, 0.1) is 13.8 Å². The van der Waals surface area contributed by atoms with Gasteiger partial charge >= 0.3 is 0 Å². The van der Waals surface area contributed by atoms with Crippen LogP contribution in [0.1, 0.15) is 11.1 Å². The number of hydrogen-bond acceptors (Lipinski definition) is 2. The van der Waals surface area contributed by atoms with Crippen molar-refractivity contribution < 1.29 is 9.47 Å². The van der Waals surface area contributed by atoms with E-state index in [1.165, 1.54) is 0 Å². The number of aryl methyl sites for hydroxylation is 2. The zero-order valence-corrected chi connectivity index (χ0v) is 16.5. The van der Waals surface area contributed by atoms with Gasteiger partial charge in [0.1, 0.15) is 23.0 Å². The molecule has 3 aromatic rings. The number of rotatable bonds is 4. The average molecular weight is 448 g/mol. The molecule has 0 amide bonds. The first-order chi connectivity index (χ1) is 11.5. The van der Waals surface area contributed by atoms with Crippen LogP contribution in [-0.2, 0) is 0 Å². The lowest BCUT2D eigenvalue weighted by Gasteiger charge is -2.11. The first-order valence-corrected chi connectivity index (χ1v) is 9.07. The summed E-state index contributed by atoms with van der Waals surface area (Å²) in [5.41, 5.74) is 2.27. The molecule has 0 N–H and O–H groups in total. The van der Waals surface area contributed by atoms with E-state index in [4.69, 9.17) is 9.47 Å². The highest BCUT2D eigenvalue weighted by Gasteiger charge is 2.04. The lowest BCUT2D eigenvalue weighted by Crippen LogP contribution is -1.88. The van der Waals surface area contributed by atoms with Crippen LogP contribution >= 0.6 is 31.9 Å². The van der Waals surface area contributed by atoms with Crippen LogP contribution < -0.4 is 9.47 Å². The standard InChI is InChI=1S/C20H16Br2O2/c1-13-6-15(21)10-19(8-13)23-17-4-3-5-18(12-17)24-20-9-14(2)7-16(22)11-20/h3-12H,1-2H3. The fraction of sp³-hybridized carbons (Fsp3) is 0.100. The van der Waals surface area contributed by atoms with Gasteiger partial charge in [0.15, 0.2) is 0 Å². The van der Waals surface area contributed by atoms with Crippen LogP contribution in [0.2, 0.25) is 0 Å². The molecule has 122 valence electrons. The molecule has 0 saturated heterocycles. The highest BCUT2D eigenvalue weighted by molar-refractivity contribution is 9.10. The van der Waals surface area contributed by atoms with Crippen molar-refractivity contribution in [1.82, 2.24) is 0 Å². The normalized spacial score (nSPS) is 10.5. The fourth-order valence-corrected chi connectivity index (χ4v) is 3.57. The van der Waals surface area contributed by atoms with E-state index in [1.54, 1.807) is 0 Å². The molecule has 3 rings (SSSR count). The van der Waals surface area contributed by atoms with Crippen molar-refractivity contribution in [3.8, 4) is 23.0 Å². The predicted octanol–water partition coefficient (Wildman–Crippen LogP) is 7.41. The predicted molar refractivity (Wildman–Crippen MR) is 104 cm³/mol. The SMILES string of the molecule is Cc1cc(Br)cc(Oc2cccc(Oc3cc(C)cc(Br)c3)c2)c1. The zero-order chi connectivity index (χ0) is 17.1. The molecule has 0 bridgehead atoms. The number of ether oxygens (including phenoxy) is 2.